The molecular formula is C12H21N3O2. The van der Waals surface area contributed by atoms with Gasteiger partial charge in [0.2, 0.25) is 0 Å². The quantitative estimate of drug-likeness (QED) is 0.694. The minimum absolute atomic E-state index is 0.386. The second-order valence-corrected chi connectivity index (χ2v) is 4.48. The maximum absolute atomic E-state index is 10.1. The summed E-state index contributed by atoms with van der Waals surface area (Å²) >= 11 is 0. The van der Waals surface area contributed by atoms with Gasteiger partial charge in [-0.3, -0.25) is 0 Å². The molecule has 17 heavy (non-hydrogen) atoms. The van der Waals surface area contributed by atoms with Crippen LogP contribution in [0.3, 0.4) is 0 Å². The van der Waals surface area contributed by atoms with Crippen molar-refractivity contribution < 1.29 is 9.84 Å². The van der Waals surface area contributed by atoms with Crippen molar-refractivity contribution in [1.29, 1.82) is 0 Å². The lowest BCUT2D eigenvalue weighted by Crippen LogP contribution is -2.35. The molecule has 0 aliphatic rings. The molecule has 0 aliphatic heterocycles. The highest BCUT2D eigenvalue weighted by Crippen LogP contribution is 2.17. The molecule has 4 N–H and O–H groups in total. The van der Waals surface area contributed by atoms with E-state index >= 15 is 0 Å². The number of aryl methyl sites for hydroxylation is 1. The maximum atomic E-state index is 10.1. The Kier molecular flexibility index (Phi) is 4.72. The van der Waals surface area contributed by atoms with Crippen LogP contribution in [-0.4, -0.2) is 36.0 Å². The van der Waals surface area contributed by atoms with E-state index in [4.69, 9.17) is 10.5 Å². The summed E-state index contributed by atoms with van der Waals surface area (Å²) in [6.45, 7) is 4.56. The van der Waals surface area contributed by atoms with Crippen molar-refractivity contribution in [2.75, 3.05) is 31.3 Å². The number of aromatic nitrogens is 1. The van der Waals surface area contributed by atoms with Gasteiger partial charge in [0, 0.05) is 32.4 Å². The highest BCUT2D eigenvalue weighted by molar-refractivity contribution is 5.61. The number of ether oxygens (including phenoxy) is 1. The zero-order chi connectivity index (χ0) is 12.9. The van der Waals surface area contributed by atoms with E-state index in [0.29, 0.717) is 31.1 Å². The smallest absolute Gasteiger partial charge is 0.149 e. The predicted octanol–water partition coefficient (Wildman–Crippen LogP) is 1.17. The Bertz CT molecular complexity index is 367. The number of nitrogens with zero attached hydrogens (tertiary/aromatic N) is 1. The van der Waals surface area contributed by atoms with Crippen LogP contribution in [0.2, 0.25) is 0 Å². The monoisotopic (exact) mass is 239 g/mol. The van der Waals surface area contributed by atoms with Gasteiger partial charge in [-0.1, -0.05) is 0 Å². The van der Waals surface area contributed by atoms with Crippen molar-refractivity contribution >= 4 is 11.5 Å². The normalized spacial score (nSPS) is 14.4. The van der Waals surface area contributed by atoms with Crippen molar-refractivity contribution in [3.05, 3.63) is 17.8 Å². The summed E-state index contributed by atoms with van der Waals surface area (Å²) in [5.41, 5.74) is 6.42. The average Bonchev–Trinajstić information content (AvgIpc) is 2.28. The molecule has 0 saturated heterocycles. The van der Waals surface area contributed by atoms with Crippen molar-refractivity contribution in [1.82, 2.24) is 4.98 Å². The predicted molar refractivity (Wildman–Crippen MR) is 69.0 cm³/mol. The Labute approximate surface area is 102 Å². The number of anilines is 2. The van der Waals surface area contributed by atoms with Crippen LogP contribution in [0.15, 0.2) is 12.1 Å². The Morgan fingerprint density at radius 3 is 2.88 bits per heavy atom. The van der Waals surface area contributed by atoms with E-state index in [2.05, 4.69) is 10.3 Å². The van der Waals surface area contributed by atoms with Crippen LogP contribution < -0.4 is 11.1 Å². The fraction of sp³-hybridized carbons (Fsp3) is 0.583. The molecule has 0 fully saturated rings. The zero-order valence-corrected chi connectivity index (χ0v) is 10.7. The lowest BCUT2D eigenvalue weighted by molar-refractivity contribution is 0.0357. The zero-order valence-electron chi connectivity index (χ0n) is 10.7. The number of aliphatic hydroxyl groups is 1. The molecule has 0 radical (unpaired) electrons. The van der Waals surface area contributed by atoms with Crippen LogP contribution >= 0.6 is 0 Å². The Morgan fingerprint density at radius 1 is 1.53 bits per heavy atom. The molecule has 0 aliphatic carbocycles. The third-order valence-electron chi connectivity index (χ3n) is 2.55. The third kappa shape index (κ3) is 4.58. The summed E-state index contributed by atoms with van der Waals surface area (Å²) in [7, 11) is 1.61. The first-order valence-corrected chi connectivity index (χ1v) is 5.63. The van der Waals surface area contributed by atoms with Crippen molar-refractivity contribution in [3.8, 4) is 0 Å². The Hall–Kier alpha value is -1.33. The van der Waals surface area contributed by atoms with Crippen LogP contribution in [0.4, 0.5) is 11.5 Å². The molecule has 1 rings (SSSR count). The van der Waals surface area contributed by atoms with Crippen LogP contribution in [0.1, 0.15) is 19.0 Å². The molecule has 1 aromatic rings. The Morgan fingerprint density at radius 2 is 2.24 bits per heavy atom. The fourth-order valence-electron chi connectivity index (χ4n) is 1.39. The second-order valence-electron chi connectivity index (χ2n) is 4.48. The first-order valence-electron chi connectivity index (χ1n) is 5.63. The molecule has 0 spiro atoms. The van der Waals surface area contributed by atoms with Crippen molar-refractivity contribution in [2.45, 2.75) is 25.9 Å². The number of hydrogen-bond acceptors (Lipinski definition) is 5. The molecule has 1 unspecified atom stereocenters. The van der Waals surface area contributed by atoms with E-state index in [0.717, 1.165) is 5.69 Å². The van der Waals surface area contributed by atoms with Gasteiger partial charge in [0.05, 0.1) is 11.3 Å². The van der Waals surface area contributed by atoms with Gasteiger partial charge in [0.25, 0.3) is 0 Å². The summed E-state index contributed by atoms with van der Waals surface area (Å²) in [5, 5.41) is 13.1. The fourth-order valence-corrected chi connectivity index (χ4v) is 1.39. The molecule has 96 valence electrons. The standard InChI is InChI=1S/C12H21N3O2/c1-9-4-5-10(13)11(15-9)14-8-12(2,16)6-7-17-3/h4-5,16H,6-8,13H2,1-3H3,(H,14,15). The van der Waals surface area contributed by atoms with Gasteiger partial charge in [-0.05, 0) is 26.0 Å². The number of hydrogen-bond donors (Lipinski definition) is 3. The Balaban J connectivity index is 2.57. The van der Waals surface area contributed by atoms with Crippen molar-refractivity contribution in [2.24, 2.45) is 0 Å². The number of nitrogens with two attached hydrogens (primary N) is 1. The molecule has 1 aromatic heterocycles. The van der Waals surface area contributed by atoms with Gasteiger partial charge in [0.1, 0.15) is 5.82 Å². The first-order chi connectivity index (χ1) is 7.94. The molecule has 0 saturated carbocycles. The summed E-state index contributed by atoms with van der Waals surface area (Å²) in [6.07, 6.45) is 0.558. The van der Waals surface area contributed by atoms with Gasteiger partial charge in [-0.25, -0.2) is 4.98 Å². The molecular weight excluding hydrogens is 218 g/mol. The third-order valence-corrected chi connectivity index (χ3v) is 2.55. The molecule has 0 aromatic carbocycles. The lowest BCUT2D eigenvalue weighted by atomic mass is 10.0. The summed E-state index contributed by atoms with van der Waals surface area (Å²) in [6, 6.07) is 3.65. The van der Waals surface area contributed by atoms with E-state index in [1.54, 1.807) is 20.1 Å². The van der Waals surface area contributed by atoms with Gasteiger partial charge < -0.3 is 20.9 Å². The lowest BCUT2D eigenvalue weighted by Gasteiger charge is -2.24. The minimum Gasteiger partial charge on any atom is -0.396 e. The van der Waals surface area contributed by atoms with E-state index in [1.165, 1.54) is 0 Å². The minimum atomic E-state index is -0.839. The summed E-state index contributed by atoms with van der Waals surface area (Å²) < 4.78 is 4.94. The van der Waals surface area contributed by atoms with Crippen molar-refractivity contribution in [3.63, 3.8) is 0 Å². The maximum Gasteiger partial charge on any atom is 0.149 e. The van der Waals surface area contributed by atoms with E-state index in [9.17, 15) is 5.11 Å². The van der Waals surface area contributed by atoms with E-state index in [1.807, 2.05) is 13.0 Å². The molecule has 5 heteroatoms. The topological polar surface area (TPSA) is 80.4 Å². The molecule has 5 nitrogen and oxygen atoms in total. The SMILES string of the molecule is COCCC(C)(O)CNc1nc(C)ccc1N. The molecule has 1 heterocycles. The number of rotatable bonds is 6. The summed E-state index contributed by atoms with van der Waals surface area (Å²) in [5.74, 6) is 0.614. The highest BCUT2D eigenvalue weighted by Gasteiger charge is 2.20. The largest absolute Gasteiger partial charge is 0.396 e. The number of nitrogens with one attached hydrogen (secondary N) is 1. The van der Waals surface area contributed by atoms with Gasteiger partial charge in [0.15, 0.2) is 0 Å². The van der Waals surface area contributed by atoms with Crippen LogP contribution in [0.5, 0.6) is 0 Å². The molecule has 1 atom stereocenters. The molecule has 0 bridgehead atoms. The van der Waals surface area contributed by atoms with Crippen LogP contribution in [0.25, 0.3) is 0 Å². The number of pyridine rings is 1. The molecule has 0 amide bonds. The van der Waals surface area contributed by atoms with Gasteiger partial charge in [-0.2, -0.15) is 0 Å². The van der Waals surface area contributed by atoms with Gasteiger partial charge >= 0.3 is 0 Å². The number of nitrogen functional groups attached to an aromatic ring is 1. The highest BCUT2D eigenvalue weighted by atomic mass is 16.5. The second kappa shape index (κ2) is 5.84. The number of methoxy groups -OCH3 is 1. The van der Waals surface area contributed by atoms with Crippen LogP contribution in [0, 0.1) is 6.92 Å². The van der Waals surface area contributed by atoms with Gasteiger partial charge in [-0.15, -0.1) is 0 Å². The average molecular weight is 239 g/mol. The first kappa shape index (κ1) is 13.7. The van der Waals surface area contributed by atoms with Crippen LogP contribution in [-0.2, 0) is 4.74 Å². The van der Waals surface area contributed by atoms with E-state index in [-0.39, 0.29) is 0 Å². The van der Waals surface area contributed by atoms with E-state index < -0.39 is 5.60 Å². The summed E-state index contributed by atoms with van der Waals surface area (Å²) in [4.78, 5) is 4.28.